The molecule has 0 aliphatic heterocycles. The minimum absolute atomic E-state index is 0.0423. The van der Waals surface area contributed by atoms with Gasteiger partial charge in [-0.25, -0.2) is 9.37 Å². The molecule has 146 valence electrons. The van der Waals surface area contributed by atoms with Gasteiger partial charge in [0.25, 0.3) is 5.69 Å². The molecule has 0 unspecified atom stereocenters. The Morgan fingerprint density at radius 1 is 1.28 bits per heavy atom. The van der Waals surface area contributed by atoms with Gasteiger partial charge in [0.1, 0.15) is 5.82 Å². The minimum Gasteiger partial charge on any atom is -0.326 e. The van der Waals surface area contributed by atoms with E-state index in [2.05, 4.69) is 10.3 Å². The van der Waals surface area contributed by atoms with Crippen LogP contribution in [-0.4, -0.2) is 20.2 Å². The van der Waals surface area contributed by atoms with Crippen molar-refractivity contribution < 1.29 is 14.1 Å². The van der Waals surface area contributed by atoms with Gasteiger partial charge in [0.2, 0.25) is 5.91 Å². The standard InChI is InChI=1S/C20H15FN4O3S/c1-12-2-7-15(8-18(12)25(27)28)22-19(26)9-16-11-29-20-23-17(10-24(16)20)13-3-5-14(21)6-4-13/h2-8,10-11H,9H2,1H3,(H,22,26). The highest BCUT2D eigenvalue weighted by molar-refractivity contribution is 7.15. The first-order valence-corrected chi connectivity index (χ1v) is 9.55. The minimum atomic E-state index is -0.476. The number of thiazole rings is 1. The summed E-state index contributed by atoms with van der Waals surface area (Å²) >= 11 is 1.40. The molecule has 0 saturated heterocycles. The van der Waals surface area contributed by atoms with Crippen LogP contribution in [0.2, 0.25) is 0 Å². The van der Waals surface area contributed by atoms with Gasteiger partial charge in [-0.2, -0.15) is 0 Å². The first-order chi connectivity index (χ1) is 13.9. The van der Waals surface area contributed by atoms with Crippen LogP contribution in [-0.2, 0) is 11.2 Å². The fourth-order valence-corrected chi connectivity index (χ4v) is 3.84. The Balaban J connectivity index is 1.53. The second kappa shape index (κ2) is 7.44. The Labute approximate surface area is 168 Å². The van der Waals surface area contributed by atoms with Crippen molar-refractivity contribution in [1.82, 2.24) is 9.38 Å². The normalized spacial score (nSPS) is 11.0. The molecule has 0 aliphatic rings. The number of carbonyl (C=O) groups is 1. The van der Waals surface area contributed by atoms with E-state index in [-0.39, 0.29) is 23.8 Å². The number of nitrogens with zero attached hydrogens (tertiary/aromatic N) is 3. The lowest BCUT2D eigenvalue weighted by Crippen LogP contribution is -2.15. The van der Waals surface area contributed by atoms with Crippen LogP contribution in [0.25, 0.3) is 16.2 Å². The Morgan fingerprint density at radius 2 is 2.03 bits per heavy atom. The second-order valence-corrected chi connectivity index (χ2v) is 7.33. The summed E-state index contributed by atoms with van der Waals surface area (Å²) in [6.45, 7) is 1.64. The maximum Gasteiger partial charge on any atom is 0.274 e. The summed E-state index contributed by atoms with van der Waals surface area (Å²) in [6.07, 6.45) is 1.89. The van der Waals surface area contributed by atoms with E-state index in [9.17, 15) is 19.3 Å². The quantitative estimate of drug-likeness (QED) is 0.385. The largest absolute Gasteiger partial charge is 0.326 e. The fourth-order valence-electron chi connectivity index (χ4n) is 2.97. The zero-order valence-corrected chi connectivity index (χ0v) is 16.1. The molecule has 4 aromatic rings. The number of hydrogen-bond acceptors (Lipinski definition) is 5. The molecule has 2 aromatic carbocycles. The highest BCUT2D eigenvalue weighted by Gasteiger charge is 2.15. The lowest BCUT2D eigenvalue weighted by molar-refractivity contribution is -0.385. The van der Waals surface area contributed by atoms with Crippen LogP contribution >= 0.6 is 11.3 Å². The molecule has 0 spiro atoms. The van der Waals surface area contributed by atoms with Crippen LogP contribution in [0.3, 0.4) is 0 Å². The number of fused-ring (bicyclic) bond motifs is 1. The summed E-state index contributed by atoms with van der Waals surface area (Å²) in [5.41, 5.74) is 3.07. The van der Waals surface area contributed by atoms with Crippen molar-refractivity contribution in [1.29, 1.82) is 0 Å². The number of rotatable bonds is 5. The van der Waals surface area contributed by atoms with E-state index < -0.39 is 4.92 Å². The van der Waals surface area contributed by atoms with E-state index in [0.29, 0.717) is 16.9 Å². The zero-order valence-electron chi connectivity index (χ0n) is 15.3. The fraction of sp³-hybridized carbons (Fsp3) is 0.100. The van der Waals surface area contributed by atoms with Gasteiger partial charge in [-0.3, -0.25) is 19.3 Å². The van der Waals surface area contributed by atoms with Crippen molar-refractivity contribution >= 4 is 33.6 Å². The molecule has 1 N–H and O–H groups in total. The van der Waals surface area contributed by atoms with E-state index >= 15 is 0 Å². The predicted octanol–water partition coefficient (Wildman–Crippen LogP) is 4.60. The summed E-state index contributed by atoms with van der Waals surface area (Å²) < 4.78 is 14.9. The van der Waals surface area contributed by atoms with Crippen molar-refractivity contribution in [2.45, 2.75) is 13.3 Å². The Morgan fingerprint density at radius 3 is 2.76 bits per heavy atom. The molecule has 0 saturated carbocycles. The van der Waals surface area contributed by atoms with Gasteiger partial charge >= 0.3 is 0 Å². The first kappa shape index (κ1) is 18.8. The molecule has 0 atom stereocenters. The smallest absolute Gasteiger partial charge is 0.274 e. The van der Waals surface area contributed by atoms with Crippen LogP contribution < -0.4 is 5.32 Å². The van der Waals surface area contributed by atoms with Crippen LogP contribution in [0.4, 0.5) is 15.8 Å². The predicted molar refractivity (Wildman–Crippen MR) is 109 cm³/mol. The second-order valence-electron chi connectivity index (χ2n) is 6.50. The Bertz CT molecular complexity index is 1230. The Hall–Kier alpha value is -3.59. The maximum absolute atomic E-state index is 13.1. The first-order valence-electron chi connectivity index (χ1n) is 8.67. The summed E-state index contributed by atoms with van der Waals surface area (Å²) in [4.78, 5) is 28.3. The number of nitrogens with one attached hydrogen (secondary N) is 1. The molecule has 2 heterocycles. The number of aromatic nitrogens is 2. The van der Waals surface area contributed by atoms with Crippen molar-refractivity contribution in [3.05, 3.63) is 81.2 Å². The van der Waals surface area contributed by atoms with Gasteiger partial charge in [-0.1, -0.05) is 6.07 Å². The lowest BCUT2D eigenvalue weighted by Gasteiger charge is -2.06. The number of benzene rings is 2. The third-order valence-corrected chi connectivity index (χ3v) is 5.34. The number of hydrogen-bond donors (Lipinski definition) is 1. The number of imidazole rings is 1. The summed E-state index contributed by atoms with van der Waals surface area (Å²) in [5, 5.41) is 15.6. The number of amides is 1. The third kappa shape index (κ3) is 3.85. The third-order valence-electron chi connectivity index (χ3n) is 4.45. The van der Waals surface area contributed by atoms with Crippen LogP contribution in [0.5, 0.6) is 0 Å². The average Bonchev–Trinajstić information content (AvgIpc) is 3.26. The monoisotopic (exact) mass is 410 g/mol. The highest BCUT2D eigenvalue weighted by Crippen LogP contribution is 2.25. The van der Waals surface area contributed by atoms with Gasteiger partial charge in [0, 0.05) is 40.2 Å². The van der Waals surface area contributed by atoms with E-state index in [4.69, 9.17) is 0 Å². The molecule has 9 heteroatoms. The number of nitro groups is 1. The van der Waals surface area contributed by atoms with Crippen molar-refractivity contribution in [3.8, 4) is 11.3 Å². The van der Waals surface area contributed by atoms with E-state index in [1.807, 2.05) is 9.78 Å². The number of anilines is 1. The SMILES string of the molecule is Cc1ccc(NC(=O)Cc2csc3nc(-c4ccc(F)cc4)cn23)cc1[N+](=O)[O-]. The molecule has 4 rings (SSSR count). The van der Waals surface area contributed by atoms with E-state index in [0.717, 1.165) is 16.2 Å². The van der Waals surface area contributed by atoms with Crippen molar-refractivity contribution in [2.75, 3.05) is 5.32 Å². The highest BCUT2D eigenvalue weighted by atomic mass is 32.1. The van der Waals surface area contributed by atoms with E-state index in [1.165, 1.54) is 29.5 Å². The van der Waals surface area contributed by atoms with Gasteiger partial charge in [-0.15, -0.1) is 11.3 Å². The Kier molecular flexibility index (Phi) is 4.81. The molecule has 29 heavy (non-hydrogen) atoms. The van der Waals surface area contributed by atoms with Crippen LogP contribution in [0.1, 0.15) is 11.3 Å². The van der Waals surface area contributed by atoms with E-state index in [1.54, 1.807) is 37.4 Å². The lowest BCUT2D eigenvalue weighted by atomic mass is 10.2. The number of halogens is 1. The van der Waals surface area contributed by atoms with Crippen LogP contribution in [0, 0.1) is 22.9 Å². The summed E-state index contributed by atoms with van der Waals surface area (Å²) in [5.74, 6) is -0.608. The topological polar surface area (TPSA) is 89.5 Å². The van der Waals surface area contributed by atoms with Crippen molar-refractivity contribution in [3.63, 3.8) is 0 Å². The van der Waals surface area contributed by atoms with Crippen LogP contribution in [0.15, 0.2) is 54.0 Å². The van der Waals surface area contributed by atoms with Gasteiger partial charge < -0.3 is 5.32 Å². The molecule has 0 bridgehead atoms. The molecular weight excluding hydrogens is 395 g/mol. The van der Waals surface area contributed by atoms with Gasteiger partial charge in [0.05, 0.1) is 17.0 Å². The number of nitro benzene ring substituents is 1. The molecule has 0 fully saturated rings. The number of aryl methyl sites for hydroxylation is 1. The molecule has 7 nitrogen and oxygen atoms in total. The molecular formula is C20H15FN4O3S. The van der Waals surface area contributed by atoms with Gasteiger partial charge in [-0.05, 0) is 37.3 Å². The number of carbonyl (C=O) groups excluding carboxylic acids is 1. The molecule has 0 radical (unpaired) electrons. The van der Waals surface area contributed by atoms with Crippen molar-refractivity contribution in [2.24, 2.45) is 0 Å². The zero-order chi connectivity index (χ0) is 20.5. The molecule has 1 amide bonds. The molecule has 0 aliphatic carbocycles. The maximum atomic E-state index is 13.1. The summed E-state index contributed by atoms with van der Waals surface area (Å²) in [7, 11) is 0. The summed E-state index contributed by atoms with van der Waals surface area (Å²) in [6, 6.07) is 10.6. The molecule has 2 aromatic heterocycles. The van der Waals surface area contributed by atoms with Gasteiger partial charge in [0.15, 0.2) is 4.96 Å². The average molecular weight is 410 g/mol.